The molecule has 0 aliphatic carbocycles. The zero-order valence-electron chi connectivity index (χ0n) is 11.0. The van der Waals surface area contributed by atoms with E-state index in [-0.39, 0.29) is 17.1 Å². The van der Waals surface area contributed by atoms with Gasteiger partial charge in [0.2, 0.25) is 0 Å². The maximum atomic E-state index is 12.1. The Morgan fingerprint density at radius 3 is 2.64 bits per heavy atom. The molecule has 2 aromatic carbocycles. The first kappa shape index (κ1) is 16.3. The number of hydrazone groups is 1. The summed E-state index contributed by atoms with van der Waals surface area (Å²) in [5, 5.41) is 22.5. The van der Waals surface area contributed by atoms with Crippen molar-refractivity contribution in [2.24, 2.45) is 5.10 Å². The zero-order chi connectivity index (χ0) is 16.3. The van der Waals surface area contributed by atoms with Crippen LogP contribution in [0.1, 0.15) is 15.9 Å². The van der Waals surface area contributed by atoms with Gasteiger partial charge in [0, 0.05) is 20.6 Å². The van der Waals surface area contributed by atoms with E-state index < -0.39 is 5.91 Å². The third-order valence-electron chi connectivity index (χ3n) is 2.72. The summed E-state index contributed by atoms with van der Waals surface area (Å²) in [5.74, 6) is -0.706. The molecule has 22 heavy (non-hydrogen) atoms. The first-order chi connectivity index (χ1) is 10.4. The van der Waals surface area contributed by atoms with Crippen LogP contribution in [0.4, 0.5) is 5.69 Å². The average molecular weight is 429 g/mol. The lowest BCUT2D eigenvalue weighted by atomic mass is 10.2. The molecule has 8 heteroatoms. The number of hydrogen-bond acceptors (Lipinski definition) is 5. The molecule has 0 fully saturated rings. The van der Waals surface area contributed by atoms with E-state index in [4.69, 9.17) is 5.73 Å². The number of rotatable bonds is 3. The highest BCUT2D eigenvalue weighted by Crippen LogP contribution is 2.28. The van der Waals surface area contributed by atoms with Gasteiger partial charge in [0.15, 0.2) is 0 Å². The number of carbonyl (C=O) groups excluding carboxylic acids is 1. The number of phenolic OH excluding ortho intramolecular Hbond substituents is 2. The summed E-state index contributed by atoms with van der Waals surface area (Å²) in [6, 6.07) is 7.33. The van der Waals surface area contributed by atoms with Gasteiger partial charge in [0.05, 0.1) is 17.5 Å². The Morgan fingerprint density at radius 1 is 1.23 bits per heavy atom. The molecule has 0 spiro atoms. The van der Waals surface area contributed by atoms with Gasteiger partial charge in [-0.15, -0.1) is 0 Å². The fourth-order valence-corrected chi connectivity index (χ4v) is 2.86. The molecule has 0 radical (unpaired) electrons. The van der Waals surface area contributed by atoms with Crippen LogP contribution in [-0.2, 0) is 0 Å². The second kappa shape index (κ2) is 6.80. The van der Waals surface area contributed by atoms with E-state index >= 15 is 0 Å². The summed E-state index contributed by atoms with van der Waals surface area (Å²) in [4.78, 5) is 12.1. The highest BCUT2D eigenvalue weighted by Gasteiger charge is 2.12. The van der Waals surface area contributed by atoms with Crippen molar-refractivity contribution in [1.29, 1.82) is 0 Å². The minimum Gasteiger partial charge on any atom is -0.508 e. The maximum Gasteiger partial charge on any atom is 0.273 e. The highest BCUT2D eigenvalue weighted by molar-refractivity contribution is 9.11. The van der Waals surface area contributed by atoms with Crippen molar-refractivity contribution < 1.29 is 15.0 Å². The van der Waals surface area contributed by atoms with Gasteiger partial charge in [0.25, 0.3) is 5.91 Å². The Hall–Kier alpha value is -2.06. The largest absolute Gasteiger partial charge is 0.508 e. The second-order valence-electron chi connectivity index (χ2n) is 4.29. The van der Waals surface area contributed by atoms with Crippen molar-refractivity contribution in [1.82, 2.24) is 5.43 Å². The predicted molar refractivity (Wildman–Crippen MR) is 91.1 cm³/mol. The first-order valence-corrected chi connectivity index (χ1v) is 7.57. The number of benzene rings is 2. The number of amides is 1. The van der Waals surface area contributed by atoms with Crippen LogP contribution in [0.2, 0.25) is 0 Å². The number of phenols is 2. The Morgan fingerprint density at radius 2 is 1.95 bits per heavy atom. The van der Waals surface area contributed by atoms with Crippen LogP contribution in [0.25, 0.3) is 0 Å². The number of nitrogens with two attached hydrogens (primary N) is 1. The van der Waals surface area contributed by atoms with Gasteiger partial charge in [-0.3, -0.25) is 4.79 Å². The SMILES string of the molecule is Nc1c(Br)cc(Br)cc1C(=O)N/N=C\c1ccc(O)cc1O. The van der Waals surface area contributed by atoms with Gasteiger partial charge in [0.1, 0.15) is 11.5 Å². The number of nitrogens with zero attached hydrogens (tertiary/aromatic N) is 1. The number of nitrogens with one attached hydrogen (secondary N) is 1. The van der Waals surface area contributed by atoms with Crippen LogP contribution in [0.15, 0.2) is 44.4 Å². The maximum absolute atomic E-state index is 12.1. The van der Waals surface area contributed by atoms with Gasteiger partial charge >= 0.3 is 0 Å². The number of halogens is 2. The van der Waals surface area contributed by atoms with Crippen LogP contribution in [0, 0.1) is 0 Å². The summed E-state index contributed by atoms with van der Waals surface area (Å²) < 4.78 is 1.28. The molecular weight excluding hydrogens is 418 g/mol. The lowest BCUT2D eigenvalue weighted by Crippen LogP contribution is -2.19. The minimum atomic E-state index is -0.492. The highest BCUT2D eigenvalue weighted by atomic mass is 79.9. The third-order valence-corrected chi connectivity index (χ3v) is 3.84. The fourth-order valence-electron chi connectivity index (χ4n) is 1.63. The predicted octanol–water partition coefficient (Wildman–Crippen LogP) is 2.97. The normalized spacial score (nSPS) is 10.8. The molecule has 0 aliphatic rings. The molecule has 6 nitrogen and oxygen atoms in total. The molecular formula is C14H11Br2N3O3. The second-order valence-corrected chi connectivity index (χ2v) is 6.06. The Labute approximate surface area is 142 Å². The van der Waals surface area contributed by atoms with E-state index in [1.54, 1.807) is 12.1 Å². The zero-order valence-corrected chi connectivity index (χ0v) is 14.2. The molecule has 0 saturated heterocycles. The minimum absolute atomic E-state index is 0.0644. The van der Waals surface area contributed by atoms with Crippen molar-refractivity contribution in [3.05, 3.63) is 50.4 Å². The number of nitrogen functional groups attached to an aromatic ring is 1. The molecule has 0 saturated carbocycles. The summed E-state index contributed by atoms with van der Waals surface area (Å²) in [7, 11) is 0. The van der Waals surface area contributed by atoms with E-state index in [9.17, 15) is 15.0 Å². The monoisotopic (exact) mass is 427 g/mol. The Bertz CT molecular complexity index is 763. The van der Waals surface area contributed by atoms with Crippen molar-refractivity contribution in [3.63, 3.8) is 0 Å². The summed E-state index contributed by atoms with van der Waals surface area (Å²) >= 11 is 6.53. The number of anilines is 1. The summed E-state index contributed by atoms with van der Waals surface area (Å²) in [5.41, 5.74) is 9.05. The average Bonchev–Trinajstić information content (AvgIpc) is 2.45. The standard InChI is InChI=1S/C14H11Br2N3O3/c15-8-3-10(13(17)11(16)4-8)14(22)19-18-6-7-1-2-9(20)5-12(7)21/h1-6,20-21H,17H2,(H,19,22)/b18-6-. The molecule has 114 valence electrons. The molecule has 2 rings (SSSR count). The van der Waals surface area contributed by atoms with Crippen LogP contribution >= 0.6 is 31.9 Å². The topological polar surface area (TPSA) is 108 Å². The van der Waals surface area contributed by atoms with E-state index in [1.165, 1.54) is 24.4 Å². The van der Waals surface area contributed by atoms with Crippen molar-refractivity contribution in [3.8, 4) is 11.5 Å². The van der Waals surface area contributed by atoms with Gasteiger partial charge in [-0.1, -0.05) is 15.9 Å². The Balaban J connectivity index is 2.15. The smallest absolute Gasteiger partial charge is 0.273 e. The quantitative estimate of drug-likeness (QED) is 0.342. The molecule has 0 aliphatic heterocycles. The van der Waals surface area contributed by atoms with Gasteiger partial charge in [-0.2, -0.15) is 5.10 Å². The Kier molecular flexibility index (Phi) is 5.04. The molecule has 0 heterocycles. The van der Waals surface area contributed by atoms with Crippen molar-refractivity contribution in [2.75, 3.05) is 5.73 Å². The van der Waals surface area contributed by atoms with Gasteiger partial charge in [-0.25, -0.2) is 5.43 Å². The molecule has 0 bridgehead atoms. The van der Waals surface area contributed by atoms with Crippen LogP contribution in [0.3, 0.4) is 0 Å². The molecule has 2 aromatic rings. The van der Waals surface area contributed by atoms with Crippen LogP contribution in [-0.4, -0.2) is 22.3 Å². The summed E-state index contributed by atoms with van der Waals surface area (Å²) in [6.07, 6.45) is 1.26. The number of aromatic hydroxyl groups is 2. The van der Waals surface area contributed by atoms with E-state index in [2.05, 4.69) is 42.4 Å². The number of carbonyl (C=O) groups is 1. The molecule has 0 atom stereocenters. The van der Waals surface area contributed by atoms with Crippen LogP contribution < -0.4 is 11.2 Å². The van der Waals surface area contributed by atoms with Crippen LogP contribution in [0.5, 0.6) is 11.5 Å². The third kappa shape index (κ3) is 3.77. The molecule has 5 N–H and O–H groups in total. The molecule has 0 aromatic heterocycles. The molecule has 1 amide bonds. The van der Waals surface area contributed by atoms with E-state index in [1.807, 2.05) is 0 Å². The first-order valence-electron chi connectivity index (χ1n) is 5.98. The van der Waals surface area contributed by atoms with Gasteiger partial charge < -0.3 is 15.9 Å². The summed E-state index contributed by atoms with van der Waals surface area (Å²) in [6.45, 7) is 0. The van der Waals surface area contributed by atoms with Crippen molar-refractivity contribution >= 4 is 49.7 Å². The van der Waals surface area contributed by atoms with E-state index in [0.29, 0.717) is 20.2 Å². The van der Waals surface area contributed by atoms with E-state index in [0.717, 1.165) is 0 Å². The lowest BCUT2D eigenvalue weighted by molar-refractivity contribution is 0.0956. The number of hydrogen-bond donors (Lipinski definition) is 4. The fraction of sp³-hybridized carbons (Fsp3) is 0. The lowest BCUT2D eigenvalue weighted by Gasteiger charge is -2.07. The van der Waals surface area contributed by atoms with Gasteiger partial charge in [-0.05, 0) is 40.2 Å². The van der Waals surface area contributed by atoms with Crippen molar-refractivity contribution in [2.45, 2.75) is 0 Å². The molecule has 0 unspecified atom stereocenters.